The van der Waals surface area contributed by atoms with Crippen molar-refractivity contribution >= 4 is 10.9 Å². The van der Waals surface area contributed by atoms with Crippen LogP contribution in [0, 0.1) is 0 Å². The molecule has 1 aliphatic heterocycles. The number of H-pyrrole nitrogens is 2. The second kappa shape index (κ2) is 6.96. The standard InChI is InChI=1S/C19H22N4O4/c1-25-16-7-15-13(17(26-2)18(16)27-3)6-11(19(24)21-15)9-23-5-4-14-12(10-23)8-20-22-14/h6-8H,4-5,9-10H2,1-3H3,(H,20,22)(H,21,24). The average Bonchev–Trinajstić information content (AvgIpc) is 3.15. The summed E-state index contributed by atoms with van der Waals surface area (Å²) in [4.78, 5) is 17.8. The summed E-state index contributed by atoms with van der Waals surface area (Å²) in [6.45, 7) is 2.19. The summed E-state index contributed by atoms with van der Waals surface area (Å²) in [7, 11) is 4.69. The van der Waals surface area contributed by atoms with Crippen LogP contribution in [0.4, 0.5) is 0 Å². The molecule has 8 heteroatoms. The van der Waals surface area contributed by atoms with Crippen molar-refractivity contribution in [2.45, 2.75) is 19.5 Å². The van der Waals surface area contributed by atoms with Gasteiger partial charge in [-0.15, -0.1) is 0 Å². The first-order valence-corrected chi connectivity index (χ1v) is 8.73. The van der Waals surface area contributed by atoms with Gasteiger partial charge in [0.05, 0.1) is 33.0 Å². The van der Waals surface area contributed by atoms with Gasteiger partial charge in [-0.1, -0.05) is 0 Å². The minimum atomic E-state index is -0.116. The quantitative estimate of drug-likeness (QED) is 0.712. The van der Waals surface area contributed by atoms with Crippen molar-refractivity contribution in [1.29, 1.82) is 0 Å². The Morgan fingerprint density at radius 1 is 1.15 bits per heavy atom. The van der Waals surface area contributed by atoms with Gasteiger partial charge in [0.25, 0.3) is 5.56 Å². The number of pyridine rings is 1. The SMILES string of the molecule is COc1cc2[nH]c(=O)c(CN3CCc4[nH]ncc4C3)cc2c(OC)c1OC. The summed E-state index contributed by atoms with van der Waals surface area (Å²) < 4.78 is 16.4. The van der Waals surface area contributed by atoms with E-state index in [2.05, 4.69) is 20.1 Å². The molecule has 27 heavy (non-hydrogen) atoms. The van der Waals surface area contributed by atoms with Crippen LogP contribution in [-0.4, -0.2) is 48.0 Å². The van der Waals surface area contributed by atoms with Gasteiger partial charge in [-0.2, -0.15) is 5.10 Å². The van der Waals surface area contributed by atoms with Crippen molar-refractivity contribution in [2.75, 3.05) is 27.9 Å². The Labute approximate surface area is 156 Å². The molecule has 0 aliphatic carbocycles. The molecule has 0 atom stereocenters. The largest absolute Gasteiger partial charge is 0.493 e. The minimum Gasteiger partial charge on any atom is -0.493 e. The second-order valence-corrected chi connectivity index (χ2v) is 6.56. The number of hydrogen-bond acceptors (Lipinski definition) is 6. The van der Waals surface area contributed by atoms with Crippen LogP contribution in [0.15, 0.2) is 23.1 Å². The lowest BCUT2D eigenvalue weighted by molar-refractivity contribution is 0.244. The molecule has 0 fully saturated rings. The van der Waals surface area contributed by atoms with Crippen LogP contribution in [-0.2, 0) is 19.5 Å². The van der Waals surface area contributed by atoms with Crippen molar-refractivity contribution < 1.29 is 14.2 Å². The highest BCUT2D eigenvalue weighted by molar-refractivity contribution is 5.90. The average molecular weight is 370 g/mol. The Morgan fingerprint density at radius 3 is 2.70 bits per heavy atom. The van der Waals surface area contributed by atoms with Gasteiger partial charge in [0.15, 0.2) is 11.5 Å². The third kappa shape index (κ3) is 3.02. The van der Waals surface area contributed by atoms with Gasteiger partial charge in [0.1, 0.15) is 0 Å². The molecule has 0 bridgehead atoms. The van der Waals surface area contributed by atoms with Crippen LogP contribution in [0.2, 0.25) is 0 Å². The highest BCUT2D eigenvalue weighted by atomic mass is 16.5. The van der Waals surface area contributed by atoms with Gasteiger partial charge in [0.2, 0.25) is 5.75 Å². The molecule has 0 unspecified atom stereocenters. The van der Waals surface area contributed by atoms with E-state index >= 15 is 0 Å². The molecular formula is C19H22N4O4. The van der Waals surface area contributed by atoms with Gasteiger partial charge >= 0.3 is 0 Å². The summed E-state index contributed by atoms with van der Waals surface area (Å²) in [5.41, 5.74) is 3.57. The van der Waals surface area contributed by atoms with Crippen LogP contribution in [0.3, 0.4) is 0 Å². The molecular weight excluding hydrogens is 348 g/mol. The Morgan fingerprint density at radius 2 is 1.96 bits per heavy atom. The predicted molar refractivity (Wildman–Crippen MR) is 101 cm³/mol. The number of methoxy groups -OCH3 is 3. The zero-order valence-corrected chi connectivity index (χ0v) is 15.6. The maximum absolute atomic E-state index is 12.6. The molecule has 1 aromatic carbocycles. The monoisotopic (exact) mass is 370 g/mol. The maximum atomic E-state index is 12.6. The third-order valence-corrected chi connectivity index (χ3v) is 5.00. The van der Waals surface area contributed by atoms with Crippen molar-refractivity contribution in [2.24, 2.45) is 0 Å². The highest BCUT2D eigenvalue weighted by Gasteiger charge is 2.21. The van der Waals surface area contributed by atoms with Crippen LogP contribution in [0.25, 0.3) is 10.9 Å². The lowest BCUT2D eigenvalue weighted by Gasteiger charge is -2.26. The number of benzene rings is 1. The number of ether oxygens (including phenoxy) is 3. The fourth-order valence-electron chi connectivity index (χ4n) is 3.64. The fraction of sp³-hybridized carbons (Fsp3) is 0.368. The third-order valence-electron chi connectivity index (χ3n) is 5.00. The molecule has 1 aliphatic rings. The first-order valence-electron chi connectivity index (χ1n) is 8.73. The number of rotatable bonds is 5. The van der Waals surface area contributed by atoms with Crippen molar-refractivity contribution in [3.63, 3.8) is 0 Å². The van der Waals surface area contributed by atoms with Crippen molar-refractivity contribution in [3.05, 3.63) is 45.5 Å². The van der Waals surface area contributed by atoms with E-state index in [1.807, 2.05) is 12.3 Å². The molecule has 0 amide bonds. The highest BCUT2D eigenvalue weighted by Crippen LogP contribution is 2.42. The van der Waals surface area contributed by atoms with Gasteiger partial charge in [-0.3, -0.25) is 14.8 Å². The Hall–Kier alpha value is -3.00. The van der Waals surface area contributed by atoms with E-state index in [0.717, 1.165) is 24.9 Å². The van der Waals surface area contributed by atoms with Crippen molar-refractivity contribution in [1.82, 2.24) is 20.1 Å². The number of nitrogens with zero attached hydrogens (tertiary/aromatic N) is 2. The van der Waals surface area contributed by atoms with Gasteiger partial charge in [0, 0.05) is 54.3 Å². The number of aromatic amines is 2. The summed E-state index contributed by atoms with van der Waals surface area (Å²) in [5.74, 6) is 1.56. The van der Waals surface area contributed by atoms with E-state index in [0.29, 0.717) is 34.9 Å². The second-order valence-electron chi connectivity index (χ2n) is 6.56. The predicted octanol–water partition coefficient (Wildman–Crippen LogP) is 1.84. The molecule has 4 rings (SSSR count). The normalized spacial score (nSPS) is 14.2. The number of fused-ring (bicyclic) bond motifs is 2. The van der Waals surface area contributed by atoms with E-state index in [-0.39, 0.29) is 5.56 Å². The van der Waals surface area contributed by atoms with Crippen LogP contribution in [0.1, 0.15) is 16.8 Å². The summed E-state index contributed by atoms with van der Waals surface area (Å²) in [5, 5.41) is 7.91. The molecule has 3 heterocycles. The number of nitrogens with one attached hydrogen (secondary N) is 2. The Balaban J connectivity index is 1.74. The topological polar surface area (TPSA) is 92.5 Å². The summed E-state index contributed by atoms with van der Waals surface area (Å²) in [6.07, 6.45) is 2.75. The first kappa shape index (κ1) is 17.4. The smallest absolute Gasteiger partial charge is 0.252 e. The first-order chi connectivity index (χ1) is 13.1. The molecule has 142 valence electrons. The van der Waals surface area contributed by atoms with E-state index in [4.69, 9.17) is 14.2 Å². The zero-order valence-electron chi connectivity index (χ0n) is 15.6. The fourth-order valence-corrected chi connectivity index (χ4v) is 3.64. The molecule has 2 N–H and O–H groups in total. The van der Waals surface area contributed by atoms with Gasteiger partial charge < -0.3 is 19.2 Å². The van der Waals surface area contributed by atoms with E-state index in [1.54, 1.807) is 27.4 Å². The molecule has 0 spiro atoms. The van der Waals surface area contributed by atoms with Crippen LogP contribution >= 0.6 is 0 Å². The van der Waals surface area contributed by atoms with E-state index in [9.17, 15) is 4.79 Å². The van der Waals surface area contributed by atoms with E-state index in [1.165, 1.54) is 11.3 Å². The Kier molecular flexibility index (Phi) is 4.49. The molecule has 0 saturated carbocycles. The molecule has 2 aromatic heterocycles. The lowest BCUT2D eigenvalue weighted by Crippen LogP contribution is -2.32. The van der Waals surface area contributed by atoms with Crippen molar-refractivity contribution in [3.8, 4) is 17.2 Å². The van der Waals surface area contributed by atoms with E-state index < -0.39 is 0 Å². The van der Waals surface area contributed by atoms with Gasteiger partial charge in [-0.25, -0.2) is 0 Å². The molecule has 3 aromatic rings. The number of aromatic nitrogens is 3. The van der Waals surface area contributed by atoms with Crippen LogP contribution in [0.5, 0.6) is 17.2 Å². The van der Waals surface area contributed by atoms with Crippen LogP contribution < -0.4 is 19.8 Å². The number of hydrogen-bond donors (Lipinski definition) is 2. The zero-order chi connectivity index (χ0) is 19.0. The molecule has 0 radical (unpaired) electrons. The Bertz CT molecular complexity index is 1040. The maximum Gasteiger partial charge on any atom is 0.252 e. The molecule has 0 saturated heterocycles. The molecule has 8 nitrogen and oxygen atoms in total. The lowest BCUT2D eigenvalue weighted by atomic mass is 10.1. The summed E-state index contributed by atoms with van der Waals surface area (Å²) in [6, 6.07) is 3.63. The summed E-state index contributed by atoms with van der Waals surface area (Å²) >= 11 is 0. The minimum absolute atomic E-state index is 0.116. The van der Waals surface area contributed by atoms with Gasteiger partial charge in [-0.05, 0) is 6.07 Å².